The zero-order valence-corrected chi connectivity index (χ0v) is 15.3. The third kappa shape index (κ3) is 6.88. The number of hydrogen-bond donors (Lipinski definition) is 2. The van der Waals surface area contributed by atoms with E-state index in [1.165, 1.54) is 0 Å². The van der Waals surface area contributed by atoms with E-state index >= 15 is 0 Å². The molecule has 0 heterocycles. The van der Waals surface area contributed by atoms with Crippen molar-refractivity contribution in [1.29, 1.82) is 0 Å². The number of methoxy groups -OCH3 is 1. The predicted molar refractivity (Wildman–Crippen MR) is 93.7 cm³/mol. The Morgan fingerprint density at radius 3 is 2.42 bits per heavy atom. The van der Waals surface area contributed by atoms with Crippen LogP contribution < -0.4 is 10.1 Å². The third-order valence-corrected chi connectivity index (χ3v) is 5.34. The molecule has 0 bridgehead atoms. The van der Waals surface area contributed by atoms with Crippen LogP contribution in [0.15, 0.2) is 24.3 Å². The van der Waals surface area contributed by atoms with Gasteiger partial charge in [-0.3, -0.25) is 4.79 Å². The van der Waals surface area contributed by atoms with Crippen molar-refractivity contribution >= 4 is 15.7 Å². The Morgan fingerprint density at radius 1 is 1.25 bits per heavy atom. The Bertz CT molecular complexity index is 612. The van der Waals surface area contributed by atoms with Crippen molar-refractivity contribution in [3.63, 3.8) is 0 Å². The van der Waals surface area contributed by atoms with Crippen molar-refractivity contribution in [1.82, 2.24) is 5.32 Å². The molecule has 0 spiro atoms. The Hall–Kier alpha value is -1.60. The Balaban J connectivity index is 2.55. The summed E-state index contributed by atoms with van der Waals surface area (Å²) in [5.41, 5.74) is 0.620. The van der Waals surface area contributed by atoms with Gasteiger partial charge in [0.2, 0.25) is 5.91 Å². The molecule has 0 aliphatic rings. The lowest BCUT2D eigenvalue weighted by atomic mass is 10.0. The number of benzene rings is 1. The Morgan fingerprint density at radius 2 is 1.88 bits per heavy atom. The highest BCUT2D eigenvalue weighted by atomic mass is 32.2. The van der Waals surface area contributed by atoms with Gasteiger partial charge in [0, 0.05) is 0 Å². The SMILES string of the molecule is CCCCCS(=O)(=O)CC(=O)N[C@@H](C)[C@H](O)c1ccc(OC)cc1. The van der Waals surface area contributed by atoms with Crippen LogP contribution in [0, 0.1) is 0 Å². The number of aliphatic hydroxyl groups is 1. The largest absolute Gasteiger partial charge is 0.497 e. The number of ether oxygens (including phenoxy) is 1. The highest BCUT2D eigenvalue weighted by Gasteiger charge is 2.22. The average molecular weight is 357 g/mol. The number of carbonyl (C=O) groups is 1. The third-order valence-electron chi connectivity index (χ3n) is 3.73. The number of unbranched alkanes of at least 4 members (excludes halogenated alkanes) is 2. The lowest BCUT2D eigenvalue weighted by molar-refractivity contribution is -0.120. The van der Waals surface area contributed by atoms with Gasteiger partial charge in [0.1, 0.15) is 11.5 Å². The summed E-state index contributed by atoms with van der Waals surface area (Å²) in [4.78, 5) is 11.9. The van der Waals surface area contributed by atoms with Gasteiger partial charge in [-0.25, -0.2) is 8.42 Å². The van der Waals surface area contributed by atoms with Gasteiger partial charge < -0.3 is 15.2 Å². The lowest BCUT2D eigenvalue weighted by Gasteiger charge is -2.21. The molecular weight excluding hydrogens is 330 g/mol. The molecule has 0 saturated heterocycles. The molecule has 0 fully saturated rings. The minimum absolute atomic E-state index is 0.0175. The zero-order chi connectivity index (χ0) is 18.2. The number of rotatable bonds is 10. The van der Waals surface area contributed by atoms with E-state index in [4.69, 9.17) is 4.74 Å². The second kappa shape index (κ2) is 9.64. The summed E-state index contributed by atoms with van der Waals surface area (Å²) < 4.78 is 28.8. The van der Waals surface area contributed by atoms with Crippen molar-refractivity contribution in [2.24, 2.45) is 0 Å². The fraction of sp³-hybridized carbons (Fsp3) is 0.588. The molecule has 0 radical (unpaired) electrons. The molecule has 6 nitrogen and oxygen atoms in total. The van der Waals surface area contributed by atoms with Crippen molar-refractivity contribution < 1.29 is 23.1 Å². The van der Waals surface area contributed by atoms with Gasteiger partial charge in [0.15, 0.2) is 9.84 Å². The molecule has 1 amide bonds. The van der Waals surface area contributed by atoms with Crippen LogP contribution in [0.1, 0.15) is 44.8 Å². The van der Waals surface area contributed by atoms with Crippen LogP contribution in [0.4, 0.5) is 0 Å². The highest BCUT2D eigenvalue weighted by Crippen LogP contribution is 2.20. The number of sulfone groups is 1. The maximum absolute atomic E-state index is 11.9. The first kappa shape index (κ1) is 20.4. The minimum Gasteiger partial charge on any atom is -0.497 e. The minimum atomic E-state index is -3.41. The predicted octanol–water partition coefficient (Wildman–Crippen LogP) is 1.84. The first-order chi connectivity index (χ1) is 11.3. The number of amides is 1. The van der Waals surface area contributed by atoms with Crippen LogP contribution in [-0.4, -0.2) is 44.1 Å². The first-order valence-corrected chi connectivity index (χ1v) is 9.93. The summed E-state index contributed by atoms with van der Waals surface area (Å²) in [6.07, 6.45) is 1.39. The highest BCUT2D eigenvalue weighted by molar-refractivity contribution is 7.92. The number of hydrogen-bond acceptors (Lipinski definition) is 5. The van der Waals surface area contributed by atoms with E-state index in [0.29, 0.717) is 17.7 Å². The summed E-state index contributed by atoms with van der Waals surface area (Å²) >= 11 is 0. The van der Waals surface area contributed by atoms with Crippen molar-refractivity contribution in [3.8, 4) is 5.75 Å². The molecule has 7 heteroatoms. The molecular formula is C17H27NO5S. The van der Waals surface area contributed by atoms with Gasteiger partial charge in [-0.05, 0) is 31.0 Å². The fourth-order valence-electron chi connectivity index (χ4n) is 2.31. The maximum atomic E-state index is 11.9. The van der Waals surface area contributed by atoms with Gasteiger partial charge >= 0.3 is 0 Å². The molecule has 1 rings (SSSR count). The summed E-state index contributed by atoms with van der Waals surface area (Å²) in [6, 6.07) is 6.23. The van der Waals surface area contributed by atoms with Crippen LogP contribution in [0.25, 0.3) is 0 Å². The van der Waals surface area contributed by atoms with Gasteiger partial charge in [-0.2, -0.15) is 0 Å². The standard InChI is InChI=1S/C17H27NO5S/c1-4-5-6-11-24(21,22)12-16(19)18-13(2)17(20)14-7-9-15(23-3)10-8-14/h7-10,13,17,20H,4-6,11-12H2,1-3H3,(H,18,19)/t13-,17-/m0/s1. The molecule has 1 aromatic carbocycles. The van der Waals surface area contributed by atoms with E-state index in [0.717, 1.165) is 12.8 Å². The van der Waals surface area contributed by atoms with Crippen molar-refractivity contribution in [3.05, 3.63) is 29.8 Å². The van der Waals surface area contributed by atoms with E-state index in [1.54, 1.807) is 38.3 Å². The molecule has 24 heavy (non-hydrogen) atoms. The monoisotopic (exact) mass is 357 g/mol. The fourth-order valence-corrected chi connectivity index (χ4v) is 3.58. The van der Waals surface area contributed by atoms with Crippen LogP contribution in [0.5, 0.6) is 5.75 Å². The second-order valence-corrected chi connectivity index (χ2v) is 8.06. The normalized spacial score (nSPS) is 14.0. The average Bonchev–Trinajstić information content (AvgIpc) is 2.53. The van der Waals surface area contributed by atoms with E-state index in [-0.39, 0.29) is 5.75 Å². The van der Waals surface area contributed by atoms with Crippen LogP contribution in [-0.2, 0) is 14.6 Å². The zero-order valence-electron chi connectivity index (χ0n) is 14.5. The number of carbonyl (C=O) groups excluding carboxylic acids is 1. The Kier molecular flexibility index (Phi) is 8.21. The maximum Gasteiger partial charge on any atom is 0.235 e. The lowest BCUT2D eigenvalue weighted by Crippen LogP contribution is -2.40. The van der Waals surface area contributed by atoms with Gasteiger partial charge in [0.05, 0.1) is 25.0 Å². The first-order valence-electron chi connectivity index (χ1n) is 8.11. The molecule has 2 N–H and O–H groups in total. The van der Waals surface area contributed by atoms with Gasteiger partial charge in [-0.15, -0.1) is 0 Å². The van der Waals surface area contributed by atoms with Gasteiger partial charge in [-0.1, -0.05) is 31.9 Å². The van der Waals surface area contributed by atoms with Crippen LogP contribution in [0.2, 0.25) is 0 Å². The summed E-state index contributed by atoms with van der Waals surface area (Å²) in [7, 11) is -1.86. The quantitative estimate of drug-likeness (QED) is 0.623. The molecule has 0 aromatic heterocycles. The molecule has 136 valence electrons. The summed E-state index contributed by atoms with van der Waals surface area (Å²) in [6.45, 7) is 3.62. The van der Waals surface area contributed by atoms with E-state index in [1.807, 2.05) is 6.92 Å². The molecule has 1 aromatic rings. The van der Waals surface area contributed by atoms with Crippen molar-refractivity contribution in [2.45, 2.75) is 45.3 Å². The summed E-state index contributed by atoms with van der Waals surface area (Å²) in [5.74, 6) is -0.451. The molecule has 0 aliphatic heterocycles. The second-order valence-electron chi connectivity index (χ2n) is 5.87. The van der Waals surface area contributed by atoms with Crippen LogP contribution in [0.3, 0.4) is 0 Å². The summed E-state index contributed by atoms with van der Waals surface area (Å²) in [5, 5.41) is 12.8. The van der Waals surface area contributed by atoms with Crippen LogP contribution >= 0.6 is 0 Å². The van der Waals surface area contributed by atoms with Crippen molar-refractivity contribution in [2.75, 3.05) is 18.6 Å². The van der Waals surface area contributed by atoms with Gasteiger partial charge in [0.25, 0.3) is 0 Å². The Labute approximate surface area is 144 Å². The van der Waals surface area contributed by atoms with E-state index < -0.39 is 33.6 Å². The van der Waals surface area contributed by atoms with E-state index in [9.17, 15) is 18.3 Å². The molecule has 2 atom stereocenters. The smallest absolute Gasteiger partial charge is 0.235 e. The molecule has 0 saturated carbocycles. The van der Waals surface area contributed by atoms with E-state index in [2.05, 4.69) is 5.32 Å². The number of nitrogens with one attached hydrogen (secondary N) is 1. The number of aliphatic hydroxyl groups excluding tert-OH is 1. The molecule has 0 aliphatic carbocycles. The topological polar surface area (TPSA) is 92.7 Å². The molecule has 0 unspecified atom stereocenters.